The summed E-state index contributed by atoms with van der Waals surface area (Å²) in [5.41, 5.74) is 3.85. The Morgan fingerprint density at radius 2 is 1.90 bits per heavy atom. The quantitative estimate of drug-likeness (QED) is 0.179. The van der Waals surface area contributed by atoms with Gasteiger partial charge in [-0.15, -0.1) is 0 Å². The van der Waals surface area contributed by atoms with Crippen LogP contribution in [0.2, 0.25) is 5.02 Å². The predicted molar refractivity (Wildman–Crippen MR) is 148 cm³/mol. The molecule has 0 fully saturated rings. The molecule has 0 bridgehead atoms. The van der Waals surface area contributed by atoms with Crippen LogP contribution in [0.15, 0.2) is 60.7 Å². The zero-order chi connectivity index (χ0) is 27.8. The van der Waals surface area contributed by atoms with E-state index in [1.165, 1.54) is 18.2 Å². The van der Waals surface area contributed by atoms with Crippen LogP contribution in [0.4, 0.5) is 11.4 Å². The molecular formula is C29H20ClN3O7. The maximum Gasteiger partial charge on any atom is 0.339 e. The van der Waals surface area contributed by atoms with Crippen molar-refractivity contribution in [3.63, 3.8) is 0 Å². The molecule has 0 saturated heterocycles. The Hall–Kier alpha value is -4.96. The highest BCUT2D eigenvalue weighted by Crippen LogP contribution is 2.39. The summed E-state index contributed by atoms with van der Waals surface area (Å²) in [4.78, 5) is 41.5. The number of para-hydroxylation sites is 1. The van der Waals surface area contributed by atoms with Crippen LogP contribution in [-0.2, 0) is 16.0 Å². The molecule has 11 heteroatoms. The number of benzene rings is 3. The third-order valence-electron chi connectivity index (χ3n) is 6.65. The minimum atomic E-state index is -0.739. The standard InChI is InChI=1S/C29H20ClN3O7/c30-18-7-9-23(33(36)37)22(13-18)31-26(34)14-38-29(35)27-19-3-1-2-4-21(19)32-28-17(6-8-20(27)28)11-16-5-10-24-25(12-16)40-15-39-24/h1-5,7,9-13H,6,8,14-15H2,(H,31,34). The Morgan fingerprint density at radius 3 is 2.75 bits per heavy atom. The van der Waals surface area contributed by atoms with E-state index in [-0.39, 0.29) is 23.2 Å². The van der Waals surface area contributed by atoms with Gasteiger partial charge in [0.1, 0.15) is 5.69 Å². The molecule has 2 heterocycles. The molecule has 3 aromatic carbocycles. The van der Waals surface area contributed by atoms with Gasteiger partial charge in [0.25, 0.3) is 11.6 Å². The zero-order valence-electron chi connectivity index (χ0n) is 20.8. The molecule has 40 heavy (non-hydrogen) atoms. The first-order chi connectivity index (χ1) is 19.4. The maximum absolute atomic E-state index is 13.4. The summed E-state index contributed by atoms with van der Waals surface area (Å²) in [5.74, 6) is -0.0612. The number of rotatable bonds is 6. The highest BCUT2D eigenvalue weighted by molar-refractivity contribution is 6.31. The van der Waals surface area contributed by atoms with E-state index < -0.39 is 23.4 Å². The fraction of sp³-hybridized carbons (Fsp3) is 0.138. The number of esters is 1. The van der Waals surface area contributed by atoms with E-state index in [0.29, 0.717) is 46.5 Å². The van der Waals surface area contributed by atoms with Crippen LogP contribution >= 0.6 is 11.6 Å². The van der Waals surface area contributed by atoms with Crippen molar-refractivity contribution >= 4 is 57.4 Å². The van der Waals surface area contributed by atoms with Crippen LogP contribution in [0.5, 0.6) is 11.5 Å². The van der Waals surface area contributed by atoms with Crippen molar-refractivity contribution in [3.8, 4) is 11.5 Å². The lowest BCUT2D eigenvalue weighted by molar-refractivity contribution is -0.383. The van der Waals surface area contributed by atoms with E-state index in [2.05, 4.69) is 5.32 Å². The summed E-state index contributed by atoms with van der Waals surface area (Å²) in [6.07, 6.45) is 3.23. The highest BCUT2D eigenvalue weighted by Gasteiger charge is 2.28. The number of hydrogen-bond acceptors (Lipinski definition) is 8. The number of anilines is 1. The lowest BCUT2D eigenvalue weighted by atomic mass is 10.0. The molecule has 200 valence electrons. The first kappa shape index (κ1) is 25.3. The lowest BCUT2D eigenvalue weighted by Crippen LogP contribution is -2.22. The van der Waals surface area contributed by atoms with E-state index in [0.717, 1.165) is 16.7 Å². The number of pyridine rings is 1. The number of nitro groups is 1. The fourth-order valence-electron chi connectivity index (χ4n) is 4.87. The number of ether oxygens (including phenoxy) is 3. The van der Waals surface area contributed by atoms with E-state index in [1.807, 2.05) is 36.4 Å². The summed E-state index contributed by atoms with van der Waals surface area (Å²) in [7, 11) is 0. The number of aromatic nitrogens is 1. The average molecular weight is 558 g/mol. The fourth-order valence-corrected chi connectivity index (χ4v) is 5.05. The number of fused-ring (bicyclic) bond motifs is 3. The zero-order valence-corrected chi connectivity index (χ0v) is 21.6. The number of amides is 1. The smallest absolute Gasteiger partial charge is 0.339 e. The number of nitro benzene ring substituents is 1. The van der Waals surface area contributed by atoms with Gasteiger partial charge in [-0.05, 0) is 65.9 Å². The molecule has 1 aliphatic heterocycles. The Morgan fingerprint density at radius 1 is 1.07 bits per heavy atom. The first-order valence-corrected chi connectivity index (χ1v) is 12.7. The van der Waals surface area contributed by atoms with Crippen LogP contribution in [-0.4, -0.2) is 35.2 Å². The maximum atomic E-state index is 13.4. The van der Waals surface area contributed by atoms with Crippen LogP contribution < -0.4 is 14.8 Å². The number of allylic oxidation sites excluding steroid dienone is 1. The molecule has 1 aromatic heterocycles. The van der Waals surface area contributed by atoms with E-state index in [9.17, 15) is 19.7 Å². The van der Waals surface area contributed by atoms with Gasteiger partial charge in [-0.2, -0.15) is 0 Å². The molecule has 1 amide bonds. The van der Waals surface area contributed by atoms with Crippen LogP contribution in [0.25, 0.3) is 22.6 Å². The second-order valence-corrected chi connectivity index (χ2v) is 9.59. The van der Waals surface area contributed by atoms with Gasteiger partial charge in [0, 0.05) is 16.5 Å². The lowest BCUT2D eigenvalue weighted by Gasteiger charge is -2.13. The molecule has 6 rings (SSSR count). The number of carbonyl (C=O) groups is 2. The third kappa shape index (κ3) is 4.80. The Bertz CT molecular complexity index is 1750. The van der Waals surface area contributed by atoms with Gasteiger partial charge in [-0.25, -0.2) is 9.78 Å². The molecular weight excluding hydrogens is 538 g/mol. The molecule has 0 atom stereocenters. The predicted octanol–water partition coefficient (Wildman–Crippen LogP) is 5.81. The van der Waals surface area contributed by atoms with Crippen molar-refractivity contribution in [2.45, 2.75) is 12.8 Å². The monoisotopic (exact) mass is 557 g/mol. The number of hydrogen-bond donors (Lipinski definition) is 1. The highest BCUT2D eigenvalue weighted by atomic mass is 35.5. The molecule has 0 radical (unpaired) electrons. The van der Waals surface area contributed by atoms with Crippen molar-refractivity contribution in [1.29, 1.82) is 0 Å². The van der Waals surface area contributed by atoms with Gasteiger partial charge in [-0.3, -0.25) is 14.9 Å². The summed E-state index contributed by atoms with van der Waals surface area (Å²) in [6.45, 7) is -0.459. The van der Waals surface area contributed by atoms with Gasteiger partial charge in [-0.1, -0.05) is 35.9 Å². The van der Waals surface area contributed by atoms with Gasteiger partial charge >= 0.3 is 5.97 Å². The summed E-state index contributed by atoms with van der Waals surface area (Å²) >= 11 is 5.93. The molecule has 0 saturated carbocycles. The molecule has 0 spiro atoms. The van der Waals surface area contributed by atoms with Gasteiger partial charge in [0.05, 0.1) is 21.7 Å². The second-order valence-electron chi connectivity index (χ2n) is 9.16. The average Bonchev–Trinajstić information content (AvgIpc) is 3.57. The van der Waals surface area contributed by atoms with Gasteiger partial charge in [0.15, 0.2) is 18.1 Å². The van der Waals surface area contributed by atoms with Gasteiger partial charge in [0.2, 0.25) is 6.79 Å². The van der Waals surface area contributed by atoms with Crippen molar-refractivity contribution in [1.82, 2.24) is 4.98 Å². The normalized spacial score (nSPS) is 14.3. The summed E-state index contributed by atoms with van der Waals surface area (Å²) in [6, 6.07) is 16.7. The largest absolute Gasteiger partial charge is 0.454 e. The number of nitrogens with zero attached hydrogens (tertiary/aromatic N) is 2. The Kier molecular flexibility index (Phi) is 6.53. The van der Waals surface area contributed by atoms with Gasteiger partial charge < -0.3 is 19.5 Å². The Labute approximate surface area is 232 Å². The molecule has 4 aromatic rings. The third-order valence-corrected chi connectivity index (χ3v) is 6.88. The van der Waals surface area contributed by atoms with Crippen LogP contribution in [0, 0.1) is 10.1 Å². The van der Waals surface area contributed by atoms with Crippen LogP contribution in [0.3, 0.4) is 0 Å². The van der Waals surface area contributed by atoms with Crippen molar-refractivity contribution < 1.29 is 28.7 Å². The minimum Gasteiger partial charge on any atom is -0.454 e. The molecule has 1 aliphatic carbocycles. The molecule has 0 unspecified atom stereocenters. The minimum absolute atomic E-state index is 0.0906. The van der Waals surface area contributed by atoms with E-state index in [1.54, 1.807) is 12.1 Å². The first-order valence-electron chi connectivity index (χ1n) is 12.3. The van der Waals surface area contributed by atoms with Crippen molar-refractivity contribution in [2.75, 3.05) is 18.7 Å². The van der Waals surface area contributed by atoms with E-state index in [4.69, 9.17) is 30.8 Å². The number of carbonyl (C=O) groups excluding carboxylic acids is 2. The molecule has 1 N–H and O–H groups in total. The van der Waals surface area contributed by atoms with E-state index >= 15 is 0 Å². The molecule has 2 aliphatic rings. The van der Waals surface area contributed by atoms with Crippen molar-refractivity contribution in [3.05, 3.63) is 98.2 Å². The Balaban J connectivity index is 1.27. The summed E-state index contributed by atoms with van der Waals surface area (Å²) < 4.78 is 16.3. The topological polar surface area (TPSA) is 130 Å². The van der Waals surface area contributed by atoms with Crippen molar-refractivity contribution in [2.24, 2.45) is 0 Å². The second kappa shape index (κ2) is 10.3. The number of halogens is 1. The summed E-state index contributed by atoms with van der Waals surface area (Å²) in [5, 5.41) is 14.5. The SMILES string of the molecule is O=C(COC(=O)c1c2c(nc3ccccc13)C(=Cc1ccc3c(c1)OCO3)CC2)Nc1cc(Cl)ccc1[N+](=O)[O-]. The van der Waals surface area contributed by atoms with Crippen LogP contribution in [0.1, 0.15) is 33.6 Å². The molecule has 10 nitrogen and oxygen atoms in total. The number of nitrogens with one attached hydrogen (secondary N) is 1.